The Hall–Kier alpha value is -2.62. The highest BCUT2D eigenvalue weighted by Crippen LogP contribution is 2.18. The van der Waals surface area contributed by atoms with E-state index in [1.807, 2.05) is 12.1 Å². The Morgan fingerprint density at radius 1 is 1.17 bits per heavy atom. The lowest BCUT2D eigenvalue weighted by atomic mass is 10.00. The van der Waals surface area contributed by atoms with E-state index in [9.17, 15) is 18.3 Å². The molecular weight excluding hydrogens is 406 g/mol. The zero-order chi connectivity index (χ0) is 21.6. The van der Waals surface area contributed by atoms with Gasteiger partial charge >= 0.3 is 0 Å². The molecule has 162 valence electrons. The number of amides is 1. The third kappa shape index (κ3) is 7.01. The number of anilines is 1. The molecule has 3 rings (SSSR count). The first-order valence-electron chi connectivity index (χ1n) is 9.73. The number of rotatable bonds is 9. The number of aliphatic hydroxyl groups excluding tert-OH is 1. The molecule has 0 saturated carbocycles. The zero-order valence-corrected chi connectivity index (χ0v) is 17.7. The maximum absolute atomic E-state index is 12.0. The van der Waals surface area contributed by atoms with Gasteiger partial charge in [0.15, 0.2) is 6.61 Å². The SMILES string of the molecule is CS(=O)(=O)Nc1ccc(OCC(=O)NCC(O)CN2CCc3ccccc3C2)cc1. The quantitative estimate of drug-likeness (QED) is 0.544. The van der Waals surface area contributed by atoms with E-state index in [1.54, 1.807) is 24.3 Å². The number of fused-ring (bicyclic) bond motifs is 1. The van der Waals surface area contributed by atoms with Gasteiger partial charge in [0, 0.05) is 31.9 Å². The summed E-state index contributed by atoms with van der Waals surface area (Å²) in [5.74, 6) is 0.105. The van der Waals surface area contributed by atoms with Crippen LogP contribution in [0.5, 0.6) is 5.75 Å². The van der Waals surface area contributed by atoms with E-state index in [1.165, 1.54) is 11.1 Å². The lowest BCUT2D eigenvalue weighted by Crippen LogP contribution is -2.42. The van der Waals surface area contributed by atoms with Gasteiger partial charge in [-0.1, -0.05) is 24.3 Å². The lowest BCUT2D eigenvalue weighted by Gasteiger charge is -2.30. The molecule has 0 aliphatic carbocycles. The van der Waals surface area contributed by atoms with Crippen molar-refractivity contribution in [1.82, 2.24) is 10.2 Å². The second-order valence-electron chi connectivity index (χ2n) is 7.40. The van der Waals surface area contributed by atoms with Gasteiger partial charge in [0.2, 0.25) is 10.0 Å². The number of β-amino-alcohol motifs (C(OH)–C–C–N with tert-alkyl or cyclic N) is 1. The summed E-state index contributed by atoms with van der Waals surface area (Å²) in [6.07, 6.45) is 1.36. The highest BCUT2D eigenvalue weighted by molar-refractivity contribution is 7.92. The van der Waals surface area contributed by atoms with Crippen molar-refractivity contribution in [2.24, 2.45) is 0 Å². The topological polar surface area (TPSA) is 108 Å². The molecule has 1 aliphatic heterocycles. The molecule has 0 radical (unpaired) electrons. The van der Waals surface area contributed by atoms with Crippen LogP contribution in [0, 0.1) is 0 Å². The molecule has 2 aromatic rings. The van der Waals surface area contributed by atoms with Crippen LogP contribution in [-0.4, -0.2) is 62.9 Å². The zero-order valence-electron chi connectivity index (χ0n) is 16.9. The molecule has 0 spiro atoms. The Bertz CT molecular complexity index is 963. The van der Waals surface area contributed by atoms with Crippen LogP contribution in [0.15, 0.2) is 48.5 Å². The molecule has 8 nitrogen and oxygen atoms in total. The summed E-state index contributed by atoms with van der Waals surface area (Å²) in [6, 6.07) is 14.6. The average molecular weight is 434 g/mol. The molecule has 0 saturated heterocycles. The summed E-state index contributed by atoms with van der Waals surface area (Å²) in [4.78, 5) is 14.2. The van der Waals surface area contributed by atoms with Crippen LogP contribution in [0.2, 0.25) is 0 Å². The molecule has 2 aromatic carbocycles. The van der Waals surface area contributed by atoms with Crippen LogP contribution in [0.1, 0.15) is 11.1 Å². The van der Waals surface area contributed by atoms with Crippen molar-refractivity contribution in [3.63, 3.8) is 0 Å². The van der Waals surface area contributed by atoms with Crippen molar-refractivity contribution in [3.05, 3.63) is 59.7 Å². The predicted molar refractivity (Wildman–Crippen MR) is 115 cm³/mol. The van der Waals surface area contributed by atoms with Crippen LogP contribution in [-0.2, 0) is 27.8 Å². The first-order valence-corrected chi connectivity index (χ1v) is 11.6. The van der Waals surface area contributed by atoms with E-state index < -0.39 is 16.1 Å². The highest BCUT2D eigenvalue weighted by atomic mass is 32.2. The number of benzene rings is 2. The normalized spacial score (nSPS) is 15.1. The Labute approximate surface area is 176 Å². The fraction of sp³-hybridized carbons (Fsp3) is 0.381. The number of carbonyl (C=O) groups is 1. The molecule has 1 unspecified atom stereocenters. The molecule has 0 fully saturated rings. The van der Waals surface area contributed by atoms with Crippen molar-refractivity contribution < 1.29 is 23.1 Å². The van der Waals surface area contributed by atoms with Crippen molar-refractivity contribution >= 4 is 21.6 Å². The third-order valence-corrected chi connectivity index (χ3v) is 5.35. The number of ether oxygens (including phenoxy) is 1. The number of nitrogens with one attached hydrogen (secondary N) is 2. The Balaban J connectivity index is 1.36. The minimum Gasteiger partial charge on any atom is -0.484 e. The van der Waals surface area contributed by atoms with Crippen molar-refractivity contribution in [2.75, 3.05) is 37.2 Å². The Morgan fingerprint density at radius 3 is 2.57 bits per heavy atom. The summed E-state index contributed by atoms with van der Waals surface area (Å²) < 4.78 is 30.1. The summed E-state index contributed by atoms with van der Waals surface area (Å²) in [7, 11) is -3.34. The average Bonchev–Trinajstić information content (AvgIpc) is 2.70. The third-order valence-electron chi connectivity index (χ3n) is 4.74. The molecule has 1 heterocycles. The first-order chi connectivity index (χ1) is 14.3. The first kappa shape index (κ1) is 22.1. The second kappa shape index (κ2) is 9.92. The number of hydrogen-bond acceptors (Lipinski definition) is 6. The van der Waals surface area contributed by atoms with E-state index in [2.05, 4.69) is 27.1 Å². The maximum Gasteiger partial charge on any atom is 0.258 e. The van der Waals surface area contributed by atoms with Gasteiger partial charge in [-0.3, -0.25) is 14.4 Å². The number of hydrogen-bond donors (Lipinski definition) is 3. The van der Waals surface area contributed by atoms with Gasteiger partial charge < -0.3 is 15.2 Å². The van der Waals surface area contributed by atoms with Gasteiger partial charge in [-0.25, -0.2) is 8.42 Å². The molecule has 0 bridgehead atoms. The fourth-order valence-electron chi connectivity index (χ4n) is 3.34. The smallest absolute Gasteiger partial charge is 0.258 e. The molecule has 1 amide bonds. The van der Waals surface area contributed by atoms with E-state index >= 15 is 0 Å². The number of aliphatic hydroxyl groups is 1. The molecule has 0 aromatic heterocycles. The minimum atomic E-state index is -3.34. The van der Waals surface area contributed by atoms with Gasteiger partial charge in [0.25, 0.3) is 5.91 Å². The van der Waals surface area contributed by atoms with Crippen molar-refractivity contribution in [2.45, 2.75) is 19.1 Å². The van der Waals surface area contributed by atoms with E-state index in [4.69, 9.17) is 4.74 Å². The maximum atomic E-state index is 12.0. The minimum absolute atomic E-state index is 0.150. The summed E-state index contributed by atoms with van der Waals surface area (Å²) in [5, 5.41) is 12.9. The molecule has 30 heavy (non-hydrogen) atoms. The van der Waals surface area contributed by atoms with Gasteiger partial charge in [-0.05, 0) is 41.8 Å². The number of carbonyl (C=O) groups excluding carboxylic acids is 1. The molecule has 1 atom stereocenters. The molecule has 1 aliphatic rings. The Kier molecular flexibility index (Phi) is 7.30. The molecule has 3 N–H and O–H groups in total. The van der Waals surface area contributed by atoms with Crippen LogP contribution < -0.4 is 14.8 Å². The summed E-state index contributed by atoms with van der Waals surface area (Å²) in [6.45, 7) is 2.13. The van der Waals surface area contributed by atoms with E-state index in [-0.39, 0.29) is 19.1 Å². The van der Waals surface area contributed by atoms with Crippen LogP contribution in [0.3, 0.4) is 0 Å². The van der Waals surface area contributed by atoms with Crippen LogP contribution in [0.4, 0.5) is 5.69 Å². The van der Waals surface area contributed by atoms with Gasteiger partial charge in [-0.2, -0.15) is 0 Å². The van der Waals surface area contributed by atoms with Crippen molar-refractivity contribution in [1.29, 1.82) is 0 Å². The summed E-state index contributed by atoms with van der Waals surface area (Å²) >= 11 is 0. The van der Waals surface area contributed by atoms with Gasteiger partial charge in [-0.15, -0.1) is 0 Å². The molecule has 9 heteroatoms. The summed E-state index contributed by atoms with van der Waals surface area (Å²) in [5.41, 5.74) is 3.05. The predicted octanol–water partition coefficient (Wildman–Crippen LogP) is 0.972. The van der Waals surface area contributed by atoms with E-state index in [0.29, 0.717) is 18.0 Å². The Morgan fingerprint density at radius 2 is 1.87 bits per heavy atom. The standard InChI is InChI=1S/C21H27N3O5S/c1-30(27,28)23-18-6-8-20(9-7-18)29-15-21(26)22-12-19(25)14-24-11-10-16-4-2-3-5-17(16)13-24/h2-9,19,23,25H,10-15H2,1H3,(H,22,26). The van der Waals surface area contributed by atoms with Gasteiger partial charge in [0.1, 0.15) is 5.75 Å². The second-order valence-corrected chi connectivity index (χ2v) is 9.15. The van der Waals surface area contributed by atoms with Crippen LogP contribution in [0.25, 0.3) is 0 Å². The van der Waals surface area contributed by atoms with Gasteiger partial charge in [0.05, 0.1) is 12.4 Å². The largest absolute Gasteiger partial charge is 0.484 e. The van der Waals surface area contributed by atoms with Crippen molar-refractivity contribution in [3.8, 4) is 5.75 Å². The molecular formula is C21H27N3O5S. The van der Waals surface area contributed by atoms with E-state index in [0.717, 1.165) is 25.8 Å². The highest BCUT2D eigenvalue weighted by Gasteiger charge is 2.18. The lowest BCUT2D eigenvalue weighted by molar-refractivity contribution is -0.123. The van der Waals surface area contributed by atoms with Crippen LogP contribution >= 0.6 is 0 Å². The number of nitrogens with zero attached hydrogens (tertiary/aromatic N) is 1. The monoisotopic (exact) mass is 433 g/mol. The number of sulfonamides is 1. The fourth-order valence-corrected chi connectivity index (χ4v) is 3.90.